The van der Waals surface area contributed by atoms with E-state index in [1.165, 1.54) is 5.56 Å². The van der Waals surface area contributed by atoms with Crippen LogP contribution in [0.2, 0.25) is 0 Å². The van der Waals surface area contributed by atoms with Gasteiger partial charge < -0.3 is 10.1 Å². The van der Waals surface area contributed by atoms with E-state index in [0.29, 0.717) is 6.61 Å². The number of anilines is 1. The molecule has 0 amide bonds. The minimum atomic E-state index is 0.679. The molecule has 0 bridgehead atoms. The quantitative estimate of drug-likeness (QED) is 0.878. The Morgan fingerprint density at radius 3 is 2.71 bits per heavy atom. The molecule has 0 aliphatic heterocycles. The van der Waals surface area contributed by atoms with Crippen LogP contribution in [0.1, 0.15) is 18.2 Å². The monoisotopic (exact) mass is 230 g/mol. The van der Waals surface area contributed by atoms with Crippen molar-refractivity contribution in [2.24, 2.45) is 0 Å². The predicted octanol–water partition coefficient (Wildman–Crippen LogP) is 3.29. The van der Waals surface area contributed by atoms with E-state index < -0.39 is 0 Å². The molecule has 17 heavy (non-hydrogen) atoms. The van der Waals surface area contributed by atoms with Gasteiger partial charge in [-0.1, -0.05) is 0 Å². The topological polar surface area (TPSA) is 34.1 Å². The number of aryl methyl sites for hydroxylation is 1. The molecule has 0 unspecified atom stereocenters. The Labute approximate surface area is 102 Å². The summed E-state index contributed by atoms with van der Waals surface area (Å²) in [5.74, 6) is 0.890. The second kappa shape index (κ2) is 4.62. The highest BCUT2D eigenvalue weighted by Crippen LogP contribution is 2.30. The van der Waals surface area contributed by atoms with Crippen LogP contribution in [-0.2, 0) is 0 Å². The summed E-state index contributed by atoms with van der Waals surface area (Å²) in [6.07, 6.45) is 0. The van der Waals surface area contributed by atoms with Crippen LogP contribution in [0.4, 0.5) is 5.69 Å². The minimum absolute atomic E-state index is 0.679. The van der Waals surface area contributed by atoms with Crippen LogP contribution in [0.25, 0.3) is 10.9 Å². The Bertz CT molecular complexity index is 549. The standard InChI is InChI=1S/C14H18N2O/c1-5-17-11-6-7-13-12(8-11)14(15-4)9(2)10(3)16-13/h6-8H,5H2,1-4H3,(H,15,16). The zero-order chi connectivity index (χ0) is 12.4. The SMILES string of the molecule is CCOc1ccc2nc(C)c(C)c(NC)c2c1. The molecule has 0 aliphatic carbocycles. The fraction of sp³-hybridized carbons (Fsp3) is 0.357. The van der Waals surface area contributed by atoms with Crippen molar-refractivity contribution in [2.75, 3.05) is 19.0 Å². The molecular formula is C14H18N2O. The van der Waals surface area contributed by atoms with Gasteiger partial charge in [-0.15, -0.1) is 0 Å². The largest absolute Gasteiger partial charge is 0.494 e. The Hall–Kier alpha value is -1.77. The van der Waals surface area contributed by atoms with E-state index in [2.05, 4.69) is 17.2 Å². The molecule has 0 fully saturated rings. The maximum atomic E-state index is 5.53. The summed E-state index contributed by atoms with van der Waals surface area (Å²) >= 11 is 0. The highest BCUT2D eigenvalue weighted by Gasteiger charge is 2.08. The van der Waals surface area contributed by atoms with Gasteiger partial charge in [-0.05, 0) is 44.5 Å². The molecule has 3 heteroatoms. The third-order valence-corrected chi connectivity index (χ3v) is 3.00. The summed E-state index contributed by atoms with van der Waals surface area (Å²) in [5.41, 5.74) is 4.38. The molecule has 2 rings (SSSR count). The Morgan fingerprint density at radius 2 is 2.06 bits per heavy atom. The predicted molar refractivity (Wildman–Crippen MR) is 71.9 cm³/mol. The van der Waals surface area contributed by atoms with Crippen molar-refractivity contribution in [3.63, 3.8) is 0 Å². The van der Waals surface area contributed by atoms with Gasteiger partial charge in [-0.3, -0.25) is 4.98 Å². The first kappa shape index (κ1) is 11.7. The molecular weight excluding hydrogens is 212 g/mol. The van der Waals surface area contributed by atoms with Crippen molar-refractivity contribution in [1.82, 2.24) is 4.98 Å². The molecule has 1 N–H and O–H groups in total. The van der Waals surface area contributed by atoms with Gasteiger partial charge in [0.05, 0.1) is 12.1 Å². The van der Waals surface area contributed by atoms with Crippen molar-refractivity contribution in [2.45, 2.75) is 20.8 Å². The van der Waals surface area contributed by atoms with E-state index in [1.807, 2.05) is 39.1 Å². The van der Waals surface area contributed by atoms with E-state index in [4.69, 9.17) is 4.74 Å². The molecule has 1 aromatic carbocycles. The number of ether oxygens (including phenoxy) is 1. The van der Waals surface area contributed by atoms with E-state index in [9.17, 15) is 0 Å². The maximum Gasteiger partial charge on any atom is 0.120 e. The molecule has 0 aliphatic rings. The van der Waals surface area contributed by atoms with Crippen LogP contribution in [0.5, 0.6) is 5.75 Å². The number of nitrogens with zero attached hydrogens (tertiary/aromatic N) is 1. The van der Waals surface area contributed by atoms with Gasteiger partial charge >= 0.3 is 0 Å². The first-order chi connectivity index (χ1) is 8.17. The molecule has 90 valence electrons. The number of nitrogens with one attached hydrogen (secondary N) is 1. The molecule has 0 atom stereocenters. The average molecular weight is 230 g/mol. The molecule has 0 saturated heterocycles. The zero-order valence-corrected chi connectivity index (χ0v) is 10.8. The summed E-state index contributed by atoms with van der Waals surface area (Å²) in [6, 6.07) is 6.02. The summed E-state index contributed by atoms with van der Waals surface area (Å²) < 4.78 is 5.53. The van der Waals surface area contributed by atoms with Crippen molar-refractivity contribution >= 4 is 16.6 Å². The van der Waals surface area contributed by atoms with Gasteiger partial charge in [0.15, 0.2) is 0 Å². The summed E-state index contributed by atoms with van der Waals surface area (Å²) in [5, 5.41) is 4.37. The van der Waals surface area contributed by atoms with Crippen molar-refractivity contribution in [1.29, 1.82) is 0 Å². The second-order valence-corrected chi connectivity index (χ2v) is 4.06. The third kappa shape index (κ3) is 2.05. The fourth-order valence-electron chi connectivity index (χ4n) is 2.04. The zero-order valence-electron chi connectivity index (χ0n) is 10.8. The lowest BCUT2D eigenvalue weighted by Crippen LogP contribution is -1.99. The first-order valence-electron chi connectivity index (χ1n) is 5.89. The Morgan fingerprint density at radius 1 is 1.29 bits per heavy atom. The second-order valence-electron chi connectivity index (χ2n) is 4.06. The smallest absolute Gasteiger partial charge is 0.120 e. The van der Waals surface area contributed by atoms with Gasteiger partial charge in [0, 0.05) is 23.8 Å². The number of aromatic nitrogens is 1. The van der Waals surface area contributed by atoms with Crippen LogP contribution in [0, 0.1) is 13.8 Å². The third-order valence-electron chi connectivity index (χ3n) is 3.00. The lowest BCUT2D eigenvalue weighted by atomic mass is 10.1. The first-order valence-corrected chi connectivity index (χ1v) is 5.89. The molecule has 0 radical (unpaired) electrons. The van der Waals surface area contributed by atoms with E-state index in [-0.39, 0.29) is 0 Å². The lowest BCUT2D eigenvalue weighted by Gasteiger charge is -2.13. The summed E-state index contributed by atoms with van der Waals surface area (Å²) in [7, 11) is 1.94. The van der Waals surface area contributed by atoms with Gasteiger partial charge in [-0.25, -0.2) is 0 Å². The minimum Gasteiger partial charge on any atom is -0.494 e. The molecule has 0 spiro atoms. The van der Waals surface area contributed by atoms with E-state index in [0.717, 1.165) is 28.0 Å². The van der Waals surface area contributed by atoms with E-state index >= 15 is 0 Å². The lowest BCUT2D eigenvalue weighted by molar-refractivity contribution is 0.340. The van der Waals surface area contributed by atoms with Crippen LogP contribution in [0.3, 0.4) is 0 Å². The highest BCUT2D eigenvalue weighted by molar-refractivity contribution is 5.94. The van der Waals surface area contributed by atoms with Crippen LogP contribution < -0.4 is 10.1 Å². The summed E-state index contributed by atoms with van der Waals surface area (Å²) in [4.78, 5) is 4.59. The van der Waals surface area contributed by atoms with E-state index in [1.54, 1.807) is 0 Å². The van der Waals surface area contributed by atoms with Crippen LogP contribution in [-0.4, -0.2) is 18.6 Å². The highest BCUT2D eigenvalue weighted by atomic mass is 16.5. The van der Waals surface area contributed by atoms with Crippen LogP contribution in [0.15, 0.2) is 18.2 Å². The number of hydrogen-bond donors (Lipinski definition) is 1. The Kier molecular flexibility index (Phi) is 3.18. The average Bonchev–Trinajstić information content (AvgIpc) is 2.32. The van der Waals surface area contributed by atoms with Gasteiger partial charge in [0.1, 0.15) is 5.75 Å². The van der Waals surface area contributed by atoms with Crippen molar-refractivity contribution < 1.29 is 4.74 Å². The summed E-state index contributed by atoms with van der Waals surface area (Å²) in [6.45, 7) is 6.79. The molecule has 1 aromatic heterocycles. The normalized spacial score (nSPS) is 10.6. The van der Waals surface area contributed by atoms with Gasteiger partial charge in [0.2, 0.25) is 0 Å². The van der Waals surface area contributed by atoms with Crippen molar-refractivity contribution in [3.8, 4) is 5.75 Å². The molecule has 1 heterocycles. The number of pyridine rings is 1. The van der Waals surface area contributed by atoms with Gasteiger partial charge in [-0.2, -0.15) is 0 Å². The molecule has 3 nitrogen and oxygen atoms in total. The number of rotatable bonds is 3. The molecule has 2 aromatic rings. The maximum absolute atomic E-state index is 5.53. The fourth-order valence-corrected chi connectivity index (χ4v) is 2.04. The van der Waals surface area contributed by atoms with Crippen molar-refractivity contribution in [3.05, 3.63) is 29.5 Å². The van der Waals surface area contributed by atoms with Gasteiger partial charge in [0.25, 0.3) is 0 Å². The number of benzene rings is 1. The van der Waals surface area contributed by atoms with Crippen LogP contribution >= 0.6 is 0 Å². The Balaban J connectivity index is 2.70. The number of fused-ring (bicyclic) bond motifs is 1. The number of hydrogen-bond acceptors (Lipinski definition) is 3. The molecule has 0 saturated carbocycles.